The number of para-hydroxylation sites is 1. The van der Waals surface area contributed by atoms with Gasteiger partial charge in [-0.1, -0.05) is 19.1 Å². The summed E-state index contributed by atoms with van der Waals surface area (Å²) in [4.78, 5) is 30.1. The summed E-state index contributed by atoms with van der Waals surface area (Å²) in [7, 11) is 0. The predicted molar refractivity (Wildman–Crippen MR) is 87.0 cm³/mol. The Morgan fingerprint density at radius 1 is 1.33 bits per heavy atom. The van der Waals surface area contributed by atoms with Gasteiger partial charge in [0.25, 0.3) is 5.91 Å². The average Bonchev–Trinajstić information content (AvgIpc) is 2.50. The van der Waals surface area contributed by atoms with Crippen LogP contribution in [0.5, 0.6) is 0 Å². The van der Waals surface area contributed by atoms with Crippen LogP contribution in [-0.4, -0.2) is 39.4 Å². The van der Waals surface area contributed by atoms with Crippen LogP contribution in [0.15, 0.2) is 35.3 Å². The Kier molecular flexibility index (Phi) is 3.76. The van der Waals surface area contributed by atoms with Gasteiger partial charge < -0.3 is 9.88 Å². The first kappa shape index (κ1) is 14.2. The molecule has 0 radical (unpaired) electrons. The Hall–Kier alpha value is -1.75. The molecule has 0 aliphatic carbocycles. The minimum atomic E-state index is -0.188. The van der Waals surface area contributed by atoms with E-state index < -0.39 is 0 Å². The molecule has 1 N–H and O–H groups in total. The Morgan fingerprint density at radius 2 is 2.10 bits per heavy atom. The second-order valence-electron chi connectivity index (χ2n) is 5.39. The number of hydrogen-bond donors (Lipinski definition) is 1. The van der Waals surface area contributed by atoms with Gasteiger partial charge in [0.1, 0.15) is 5.56 Å². The first-order chi connectivity index (χ1) is 10.1. The summed E-state index contributed by atoms with van der Waals surface area (Å²) in [5.41, 5.74) is 0.807. The molecule has 0 spiro atoms. The number of hydrogen-bond acceptors (Lipinski definition) is 3. The lowest BCUT2D eigenvalue weighted by Gasteiger charge is -2.37. The molecule has 110 valence electrons. The standard InChI is InChI=1S/C16H18N2O2S/c1-10-11(2)21-8-7-18(10)16(20)13-9-17-14-6-4-3-5-12(14)15(13)19/h3-6,9-11H,7-8H2,1-2H3,(H,17,19)/t10-,11+/m0/s1. The Balaban J connectivity index is 2.02. The van der Waals surface area contributed by atoms with Gasteiger partial charge in [0.2, 0.25) is 5.43 Å². The molecule has 0 saturated carbocycles. The molecule has 1 aromatic carbocycles. The molecule has 2 heterocycles. The predicted octanol–water partition coefficient (Wildman–Crippen LogP) is 2.49. The van der Waals surface area contributed by atoms with E-state index in [9.17, 15) is 9.59 Å². The Labute approximate surface area is 127 Å². The topological polar surface area (TPSA) is 53.2 Å². The molecule has 4 nitrogen and oxygen atoms in total. The fourth-order valence-corrected chi connectivity index (χ4v) is 3.80. The van der Waals surface area contributed by atoms with E-state index in [-0.39, 0.29) is 22.9 Å². The van der Waals surface area contributed by atoms with Crippen LogP contribution in [0.3, 0.4) is 0 Å². The molecule has 0 unspecified atom stereocenters. The van der Waals surface area contributed by atoms with Crippen molar-refractivity contribution in [3.63, 3.8) is 0 Å². The van der Waals surface area contributed by atoms with Gasteiger partial charge in [-0.2, -0.15) is 11.8 Å². The lowest BCUT2D eigenvalue weighted by Crippen LogP contribution is -2.49. The van der Waals surface area contributed by atoms with Gasteiger partial charge in [-0.25, -0.2) is 0 Å². The van der Waals surface area contributed by atoms with E-state index in [0.29, 0.717) is 17.2 Å². The number of amides is 1. The van der Waals surface area contributed by atoms with Crippen molar-refractivity contribution in [3.05, 3.63) is 46.2 Å². The van der Waals surface area contributed by atoms with Gasteiger partial charge in [-0.05, 0) is 19.1 Å². The maximum Gasteiger partial charge on any atom is 0.259 e. The molecule has 0 bridgehead atoms. The SMILES string of the molecule is C[C@H]1SCCN(C(=O)c2c[nH]c3ccccc3c2=O)[C@H]1C. The summed E-state index contributed by atoms with van der Waals surface area (Å²) in [6, 6.07) is 7.41. The number of aromatic amines is 1. The number of carbonyl (C=O) groups is 1. The van der Waals surface area contributed by atoms with Gasteiger partial charge in [-0.3, -0.25) is 9.59 Å². The second kappa shape index (κ2) is 5.56. The fourth-order valence-electron chi connectivity index (χ4n) is 2.70. The first-order valence-corrected chi connectivity index (χ1v) is 8.17. The van der Waals surface area contributed by atoms with Crippen molar-refractivity contribution >= 4 is 28.6 Å². The molecule has 1 aliphatic rings. The van der Waals surface area contributed by atoms with Crippen LogP contribution < -0.4 is 5.43 Å². The highest BCUT2D eigenvalue weighted by molar-refractivity contribution is 8.00. The van der Waals surface area contributed by atoms with E-state index >= 15 is 0 Å². The van der Waals surface area contributed by atoms with Crippen LogP contribution in [0.1, 0.15) is 24.2 Å². The highest BCUT2D eigenvalue weighted by atomic mass is 32.2. The van der Waals surface area contributed by atoms with Gasteiger partial charge in [0, 0.05) is 40.7 Å². The lowest BCUT2D eigenvalue weighted by molar-refractivity contribution is 0.0696. The van der Waals surface area contributed by atoms with Crippen molar-refractivity contribution in [1.29, 1.82) is 0 Å². The minimum absolute atomic E-state index is 0.141. The van der Waals surface area contributed by atoms with Crippen LogP contribution in [0, 0.1) is 0 Å². The third-order valence-electron chi connectivity index (χ3n) is 4.16. The number of aromatic nitrogens is 1. The zero-order valence-electron chi connectivity index (χ0n) is 12.1. The highest BCUT2D eigenvalue weighted by Crippen LogP contribution is 2.25. The van der Waals surface area contributed by atoms with E-state index in [2.05, 4.69) is 11.9 Å². The molecule has 3 rings (SSSR count). The monoisotopic (exact) mass is 302 g/mol. The molecule has 2 aromatic rings. The van der Waals surface area contributed by atoms with Crippen LogP contribution in [-0.2, 0) is 0 Å². The van der Waals surface area contributed by atoms with E-state index in [0.717, 1.165) is 11.3 Å². The van der Waals surface area contributed by atoms with E-state index in [4.69, 9.17) is 0 Å². The zero-order chi connectivity index (χ0) is 15.0. The molecule has 1 aromatic heterocycles. The van der Waals surface area contributed by atoms with Crippen molar-refractivity contribution in [1.82, 2.24) is 9.88 Å². The van der Waals surface area contributed by atoms with Crippen LogP contribution in [0.25, 0.3) is 10.9 Å². The summed E-state index contributed by atoms with van der Waals surface area (Å²) in [5.74, 6) is 0.754. The molecule has 1 saturated heterocycles. The number of nitrogens with zero attached hydrogens (tertiary/aromatic N) is 1. The second-order valence-corrected chi connectivity index (χ2v) is 6.88. The molecule has 1 fully saturated rings. The van der Waals surface area contributed by atoms with Crippen molar-refractivity contribution in [2.45, 2.75) is 25.1 Å². The molecular formula is C16H18N2O2S. The number of thioether (sulfide) groups is 1. The average molecular weight is 302 g/mol. The smallest absolute Gasteiger partial charge is 0.259 e. The van der Waals surface area contributed by atoms with Gasteiger partial charge in [0.15, 0.2) is 0 Å². The number of nitrogens with one attached hydrogen (secondary N) is 1. The van der Waals surface area contributed by atoms with E-state index in [1.165, 1.54) is 0 Å². The largest absolute Gasteiger partial charge is 0.360 e. The van der Waals surface area contributed by atoms with Crippen LogP contribution in [0.4, 0.5) is 0 Å². The highest BCUT2D eigenvalue weighted by Gasteiger charge is 2.30. The summed E-state index contributed by atoms with van der Waals surface area (Å²) < 4.78 is 0. The lowest BCUT2D eigenvalue weighted by atomic mass is 10.1. The van der Waals surface area contributed by atoms with Crippen LogP contribution >= 0.6 is 11.8 Å². The fraction of sp³-hybridized carbons (Fsp3) is 0.375. The number of rotatable bonds is 1. The number of fused-ring (bicyclic) bond motifs is 1. The maximum absolute atomic E-state index is 12.7. The third kappa shape index (κ3) is 2.46. The van der Waals surface area contributed by atoms with Crippen molar-refractivity contribution < 1.29 is 4.79 Å². The molecule has 1 aliphatic heterocycles. The number of carbonyl (C=O) groups excluding carboxylic acids is 1. The minimum Gasteiger partial charge on any atom is -0.360 e. The number of H-pyrrole nitrogens is 1. The normalized spacial score (nSPS) is 22.5. The number of benzene rings is 1. The third-order valence-corrected chi connectivity index (χ3v) is 5.50. The van der Waals surface area contributed by atoms with Crippen molar-refractivity contribution in [3.8, 4) is 0 Å². The van der Waals surface area contributed by atoms with Crippen molar-refractivity contribution in [2.24, 2.45) is 0 Å². The molecular weight excluding hydrogens is 284 g/mol. The van der Waals surface area contributed by atoms with Gasteiger partial charge >= 0.3 is 0 Å². The summed E-state index contributed by atoms with van der Waals surface area (Å²) in [6.07, 6.45) is 1.55. The Bertz CT molecular complexity index is 740. The zero-order valence-corrected chi connectivity index (χ0v) is 12.9. The first-order valence-electron chi connectivity index (χ1n) is 7.12. The van der Waals surface area contributed by atoms with Gasteiger partial charge in [0.05, 0.1) is 0 Å². The van der Waals surface area contributed by atoms with Gasteiger partial charge in [-0.15, -0.1) is 0 Å². The maximum atomic E-state index is 12.7. The van der Waals surface area contributed by atoms with E-state index in [1.807, 2.05) is 41.8 Å². The van der Waals surface area contributed by atoms with Crippen LogP contribution in [0.2, 0.25) is 0 Å². The molecule has 2 atom stereocenters. The molecule has 5 heteroatoms. The summed E-state index contributed by atoms with van der Waals surface area (Å²) in [5, 5.41) is 0.956. The van der Waals surface area contributed by atoms with E-state index in [1.54, 1.807) is 12.3 Å². The Morgan fingerprint density at radius 3 is 2.90 bits per heavy atom. The molecule has 1 amide bonds. The summed E-state index contributed by atoms with van der Waals surface area (Å²) in [6.45, 7) is 4.87. The van der Waals surface area contributed by atoms with Crippen molar-refractivity contribution in [2.75, 3.05) is 12.3 Å². The molecule has 21 heavy (non-hydrogen) atoms. The summed E-state index contributed by atoms with van der Waals surface area (Å²) >= 11 is 1.87. The quantitative estimate of drug-likeness (QED) is 0.880. The number of pyridine rings is 1.